The van der Waals surface area contributed by atoms with Crippen LogP contribution in [-0.4, -0.2) is 6.54 Å². The van der Waals surface area contributed by atoms with Crippen LogP contribution in [0.4, 0.5) is 0 Å². The van der Waals surface area contributed by atoms with Gasteiger partial charge in [0.25, 0.3) is 0 Å². The second kappa shape index (κ2) is 4.10. The van der Waals surface area contributed by atoms with Crippen LogP contribution in [0.1, 0.15) is 39.5 Å². The molecular weight excluding hydrogens is 134 g/mol. The summed E-state index contributed by atoms with van der Waals surface area (Å²) in [6, 6.07) is 0. The van der Waals surface area contributed by atoms with Gasteiger partial charge in [0.2, 0.25) is 0 Å². The van der Waals surface area contributed by atoms with Crippen molar-refractivity contribution in [2.24, 2.45) is 23.5 Å². The largest absolute Gasteiger partial charge is 0.330 e. The summed E-state index contributed by atoms with van der Waals surface area (Å²) >= 11 is 0. The molecular formula is C10H21N. The van der Waals surface area contributed by atoms with E-state index in [1.165, 1.54) is 25.7 Å². The Labute approximate surface area is 70.4 Å². The molecule has 1 aliphatic rings. The monoisotopic (exact) mass is 155 g/mol. The molecule has 0 heterocycles. The Bertz CT molecular complexity index is 111. The molecule has 0 aromatic carbocycles. The second-order valence-corrected chi connectivity index (χ2v) is 4.36. The predicted octanol–water partition coefficient (Wildman–Crippen LogP) is 2.41. The predicted molar refractivity (Wildman–Crippen MR) is 49.3 cm³/mol. The maximum absolute atomic E-state index is 5.58. The van der Waals surface area contributed by atoms with Crippen LogP contribution in [0.5, 0.6) is 0 Å². The highest BCUT2D eigenvalue weighted by molar-refractivity contribution is 4.74. The summed E-state index contributed by atoms with van der Waals surface area (Å²) in [5.74, 6) is 2.71. The topological polar surface area (TPSA) is 26.0 Å². The third kappa shape index (κ3) is 2.82. The molecule has 0 bridgehead atoms. The average molecular weight is 155 g/mol. The summed E-state index contributed by atoms with van der Waals surface area (Å²) < 4.78 is 0. The Morgan fingerprint density at radius 3 is 2.64 bits per heavy atom. The summed E-state index contributed by atoms with van der Waals surface area (Å²) in [6.45, 7) is 5.50. The zero-order chi connectivity index (χ0) is 8.27. The SMILES string of the molecule is C[C@@H](CN)CC1CC[C@H](C)C1. The van der Waals surface area contributed by atoms with E-state index in [1.54, 1.807) is 0 Å². The van der Waals surface area contributed by atoms with E-state index in [0.717, 1.165) is 24.3 Å². The zero-order valence-electron chi connectivity index (χ0n) is 7.84. The van der Waals surface area contributed by atoms with Gasteiger partial charge in [0, 0.05) is 0 Å². The molecule has 0 aromatic heterocycles. The summed E-state index contributed by atoms with van der Waals surface area (Å²) in [4.78, 5) is 0. The standard InChI is InChI=1S/C10H21N/c1-8-3-4-10(5-8)6-9(2)7-11/h8-10H,3-7,11H2,1-2H3/t8-,9+,10?/m0/s1. The molecule has 0 saturated heterocycles. The molecule has 0 aliphatic heterocycles. The number of hydrogen-bond acceptors (Lipinski definition) is 1. The van der Waals surface area contributed by atoms with E-state index in [9.17, 15) is 0 Å². The highest BCUT2D eigenvalue weighted by Gasteiger charge is 2.22. The first-order valence-corrected chi connectivity index (χ1v) is 4.92. The molecule has 1 rings (SSSR count). The van der Waals surface area contributed by atoms with Crippen LogP contribution < -0.4 is 5.73 Å². The van der Waals surface area contributed by atoms with E-state index in [4.69, 9.17) is 5.73 Å². The van der Waals surface area contributed by atoms with Gasteiger partial charge in [-0.05, 0) is 37.1 Å². The van der Waals surface area contributed by atoms with Gasteiger partial charge < -0.3 is 5.73 Å². The Balaban J connectivity index is 2.17. The van der Waals surface area contributed by atoms with Crippen molar-refractivity contribution < 1.29 is 0 Å². The fraction of sp³-hybridized carbons (Fsp3) is 1.00. The van der Waals surface area contributed by atoms with Crippen molar-refractivity contribution in [1.82, 2.24) is 0 Å². The van der Waals surface area contributed by atoms with Crippen LogP contribution in [0, 0.1) is 17.8 Å². The fourth-order valence-electron chi connectivity index (χ4n) is 2.20. The molecule has 1 fully saturated rings. The van der Waals surface area contributed by atoms with Crippen molar-refractivity contribution in [2.45, 2.75) is 39.5 Å². The van der Waals surface area contributed by atoms with Crippen LogP contribution in [0.15, 0.2) is 0 Å². The highest BCUT2D eigenvalue weighted by atomic mass is 14.5. The summed E-state index contributed by atoms with van der Waals surface area (Å²) in [5.41, 5.74) is 5.58. The van der Waals surface area contributed by atoms with Crippen molar-refractivity contribution in [3.05, 3.63) is 0 Å². The zero-order valence-corrected chi connectivity index (χ0v) is 7.84. The molecule has 1 aliphatic carbocycles. The van der Waals surface area contributed by atoms with Gasteiger partial charge in [0.05, 0.1) is 0 Å². The van der Waals surface area contributed by atoms with Crippen LogP contribution >= 0.6 is 0 Å². The van der Waals surface area contributed by atoms with Crippen molar-refractivity contribution in [1.29, 1.82) is 0 Å². The van der Waals surface area contributed by atoms with Crippen molar-refractivity contribution in [3.63, 3.8) is 0 Å². The van der Waals surface area contributed by atoms with Crippen LogP contribution in [0.25, 0.3) is 0 Å². The highest BCUT2D eigenvalue weighted by Crippen LogP contribution is 2.34. The van der Waals surface area contributed by atoms with Gasteiger partial charge in [-0.3, -0.25) is 0 Å². The van der Waals surface area contributed by atoms with Crippen molar-refractivity contribution in [3.8, 4) is 0 Å². The minimum absolute atomic E-state index is 0.741. The lowest BCUT2D eigenvalue weighted by atomic mass is 9.94. The smallest absolute Gasteiger partial charge is 0.00514 e. The van der Waals surface area contributed by atoms with Crippen LogP contribution in [0.3, 0.4) is 0 Å². The quantitative estimate of drug-likeness (QED) is 0.665. The summed E-state index contributed by atoms with van der Waals surface area (Å²) in [6.07, 6.45) is 5.71. The molecule has 1 saturated carbocycles. The average Bonchev–Trinajstić information content (AvgIpc) is 2.35. The number of nitrogens with two attached hydrogens (primary N) is 1. The third-order valence-electron chi connectivity index (χ3n) is 2.94. The van der Waals surface area contributed by atoms with Crippen LogP contribution in [-0.2, 0) is 0 Å². The van der Waals surface area contributed by atoms with Gasteiger partial charge >= 0.3 is 0 Å². The van der Waals surface area contributed by atoms with E-state index in [0.29, 0.717) is 0 Å². The van der Waals surface area contributed by atoms with Gasteiger partial charge in [-0.1, -0.05) is 26.7 Å². The Morgan fingerprint density at radius 2 is 2.18 bits per heavy atom. The van der Waals surface area contributed by atoms with Crippen molar-refractivity contribution >= 4 is 0 Å². The normalized spacial score (nSPS) is 34.1. The van der Waals surface area contributed by atoms with Gasteiger partial charge in [0.1, 0.15) is 0 Å². The first-order chi connectivity index (χ1) is 5.22. The van der Waals surface area contributed by atoms with E-state index < -0.39 is 0 Å². The molecule has 1 heteroatoms. The number of hydrogen-bond donors (Lipinski definition) is 1. The lowest BCUT2D eigenvalue weighted by Crippen LogP contribution is -2.13. The third-order valence-corrected chi connectivity index (χ3v) is 2.94. The minimum Gasteiger partial charge on any atom is -0.330 e. The first-order valence-electron chi connectivity index (χ1n) is 4.92. The Morgan fingerprint density at radius 1 is 1.45 bits per heavy atom. The summed E-state index contributed by atoms with van der Waals surface area (Å²) in [5, 5.41) is 0. The molecule has 0 spiro atoms. The summed E-state index contributed by atoms with van der Waals surface area (Å²) in [7, 11) is 0. The Kier molecular flexibility index (Phi) is 3.38. The Hall–Kier alpha value is -0.0400. The van der Waals surface area contributed by atoms with E-state index in [1.807, 2.05) is 0 Å². The molecule has 11 heavy (non-hydrogen) atoms. The maximum atomic E-state index is 5.58. The van der Waals surface area contributed by atoms with Gasteiger partial charge in [-0.25, -0.2) is 0 Å². The minimum atomic E-state index is 0.741. The van der Waals surface area contributed by atoms with E-state index in [-0.39, 0.29) is 0 Å². The fourth-order valence-corrected chi connectivity index (χ4v) is 2.20. The van der Waals surface area contributed by atoms with E-state index in [2.05, 4.69) is 13.8 Å². The molecule has 0 radical (unpaired) electrons. The maximum Gasteiger partial charge on any atom is -0.00514 e. The van der Waals surface area contributed by atoms with Gasteiger partial charge in [-0.2, -0.15) is 0 Å². The lowest BCUT2D eigenvalue weighted by Gasteiger charge is -2.13. The van der Waals surface area contributed by atoms with Gasteiger partial charge in [-0.15, -0.1) is 0 Å². The molecule has 1 unspecified atom stereocenters. The molecule has 1 nitrogen and oxygen atoms in total. The van der Waals surface area contributed by atoms with E-state index >= 15 is 0 Å². The molecule has 0 aromatic rings. The molecule has 3 atom stereocenters. The van der Waals surface area contributed by atoms with Crippen molar-refractivity contribution in [2.75, 3.05) is 6.54 Å². The second-order valence-electron chi connectivity index (χ2n) is 4.36. The lowest BCUT2D eigenvalue weighted by molar-refractivity contribution is 0.394. The molecule has 2 N–H and O–H groups in total. The van der Waals surface area contributed by atoms with Gasteiger partial charge in [0.15, 0.2) is 0 Å². The molecule has 0 amide bonds. The number of rotatable bonds is 3. The molecule has 66 valence electrons. The first kappa shape index (κ1) is 9.05. The van der Waals surface area contributed by atoms with Crippen LogP contribution in [0.2, 0.25) is 0 Å².